The quantitative estimate of drug-likeness (QED) is 0.206. The van der Waals surface area contributed by atoms with Crippen LogP contribution >= 0.6 is 0 Å². The summed E-state index contributed by atoms with van der Waals surface area (Å²) in [5, 5.41) is 7.37. The van der Waals surface area contributed by atoms with Gasteiger partial charge in [-0.05, 0) is 69.1 Å². The first-order valence-electron chi connectivity index (χ1n) is 14.6. The lowest BCUT2D eigenvalue weighted by atomic mass is 9.92. The van der Waals surface area contributed by atoms with Gasteiger partial charge in [0.05, 0.1) is 22.1 Å². The molecule has 200 valence electrons. The fourth-order valence-corrected chi connectivity index (χ4v) is 6.59. The van der Waals surface area contributed by atoms with Gasteiger partial charge < -0.3 is 0 Å². The van der Waals surface area contributed by atoms with E-state index in [0.717, 1.165) is 39.1 Å². The van der Waals surface area contributed by atoms with Gasteiger partial charge in [-0.25, -0.2) is 9.97 Å². The van der Waals surface area contributed by atoms with Gasteiger partial charge in [-0.2, -0.15) is 0 Å². The second-order valence-electron chi connectivity index (χ2n) is 11.0. The zero-order valence-electron chi connectivity index (χ0n) is 23.3. The van der Waals surface area contributed by atoms with Gasteiger partial charge in [-0.15, -0.1) is 0 Å². The van der Waals surface area contributed by atoms with E-state index in [9.17, 15) is 0 Å². The molecule has 0 radical (unpaired) electrons. The molecule has 0 unspecified atom stereocenters. The SMILES string of the molecule is c1ccc(-c2nc3ccccc3nc2-n2c3ccccc3c3cc4c(cc(-c5ccccc5)c5ccccc54)cc32)cc1. The van der Waals surface area contributed by atoms with Crippen molar-refractivity contribution in [2.45, 2.75) is 0 Å². The minimum Gasteiger partial charge on any atom is -0.292 e. The van der Waals surface area contributed by atoms with Gasteiger partial charge >= 0.3 is 0 Å². The first-order valence-corrected chi connectivity index (χ1v) is 14.6. The minimum absolute atomic E-state index is 0.833. The van der Waals surface area contributed by atoms with Gasteiger partial charge in [0.15, 0.2) is 5.82 Å². The maximum absolute atomic E-state index is 5.29. The van der Waals surface area contributed by atoms with Crippen LogP contribution in [0.4, 0.5) is 0 Å². The molecular formula is C40H25N3. The van der Waals surface area contributed by atoms with Gasteiger partial charge in [0, 0.05) is 16.3 Å². The van der Waals surface area contributed by atoms with E-state index in [1.54, 1.807) is 0 Å². The molecule has 0 aliphatic rings. The van der Waals surface area contributed by atoms with E-state index in [4.69, 9.17) is 9.97 Å². The number of hydrogen-bond acceptors (Lipinski definition) is 2. The molecule has 0 aliphatic carbocycles. The Labute approximate surface area is 248 Å². The van der Waals surface area contributed by atoms with Crippen LogP contribution in [0.3, 0.4) is 0 Å². The van der Waals surface area contributed by atoms with E-state index in [0.29, 0.717) is 0 Å². The van der Waals surface area contributed by atoms with Crippen LogP contribution < -0.4 is 0 Å². The number of nitrogens with zero attached hydrogens (tertiary/aromatic N) is 3. The largest absolute Gasteiger partial charge is 0.292 e. The molecule has 7 aromatic carbocycles. The number of para-hydroxylation sites is 3. The van der Waals surface area contributed by atoms with Gasteiger partial charge in [-0.1, -0.05) is 115 Å². The Morgan fingerprint density at radius 2 is 1.00 bits per heavy atom. The molecule has 0 spiro atoms. The number of benzene rings is 7. The summed E-state index contributed by atoms with van der Waals surface area (Å²) in [6, 6.07) is 53.7. The van der Waals surface area contributed by atoms with Crippen LogP contribution in [0.1, 0.15) is 0 Å². The van der Waals surface area contributed by atoms with E-state index in [2.05, 4.69) is 126 Å². The Morgan fingerprint density at radius 3 is 1.77 bits per heavy atom. The zero-order chi connectivity index (χ0) is 28.3. The van der Waals surface area contributed by atoms with Crippen LogP contribution in [0.25, 0.3) is 82.6 Å². The van der Waals surface area contributed by atoms with Crippen LogP contribution in [-0.2, 0) is 0 Å². The number of aromatic nitrogens is 3. The van der Waals surface area contributed by atoms with Gasteiger partial charge in [0.1, 0.15) is 5.69 Å². The predicted octanol–water partition coefficient (Wildman–Crippen LogP) is 10.4. The van der Waals surface area contributed by atoms with Gasteiger partial charge in [0.2, 0.25) is 0 Å². The first-order chi connectivity index (χ1) is 21.3. The molecule has 9 rings (SSSR count). The van der Waals surface area contributed by atoms with Crippen molar-refractivity contribution in [3.8, 4) is 28.2 Å². The van der Waals surface area contributed by atoms with Crippen molar-refractivity contribution in [3.63, 3.8) is 0 Å². The third-order valence-corrected chi connectivity index (χ3v) is 8.55. The third kappa shape index (κ3) is 3.68. The van der Waals surface area contributed by atoms with Crippen LogP contribution in [0.5, 0.6) is 0 Å². The zero-order valence-corrected chi connectivity index (χ0v) is 23.3. The molecule has 2 aromatic heterocycles. The van der Waals surface area contributed by atoms with Crippen molar-refractivity contribution in [1.82, 2.24) is 14.5 Å². The smallest absolute Gasteiger partial charge is 0.165 e. The summed E-state index contributed by atoms with van der Waals surface area (Å²) in [7, 11) is 0. The Kier molecular flexibility index (Phi) is 5.20. The first kappa shape index (κ1) is 23.9. The second-order valence-corrected chi connectivity index (χ2v) is 11.0. The molecule has 9 aromatic rings. The van der Waals surface area contributed by atoms with Crippen LogP contribution in [-0.4, -0.2) is 14.5 Å². The molecule has 0 N–H and O–H groups in total. The third-order valence-electron chi connectivity index (χ3n) is 8.55. The highest BCUT2D eigenvalue weighted by molar-refractivity contribution is 6.21. The number of hydrogen-bond donors (Lipinski definition) is 0. The van der Waals surface area contributed by atoms with Crippen molar-refractivity contribution in [1.29, 1.82) is 0 Å². The van der Waals surface area contributed by atoms with Gasteiger partial charge in [-0.3, -0.25) is 4.57 Å². The van der Waals surface area contributed by atoms with Crippen molar-refractivity contribution >= 4 is 54.4 Å². The lowest BCUT2D eigenvalue weighted by Crippen LogP contribution is -2.03. The molecule has 0 bridgehead atoms. The molecule has 0 aliphatic heterocycles. The molecule has 0 saturated carbocycles. The summed E-state index contributed by atoms with van der Waals surface area (Å²) in [6.07, 6.45) is 0. The fourth-order valence-electron chi connectivity index (χ4n) is 6.59. The van der Waals surface area contributed by atoms with E-state index >= 15 is 0 Å². The molecule has 0 amide bonds. The second kappa shape index (κ2) is 9.37. The van der Waals surface area contributed by atoms with E-state index in [1.807, 2.05) is 30.3 Å². The van der Waals surface area contributed by atoms with E-state index < -0.39 is 0 Å². The lowest BCUT2D eigenvalue weighted by Gasteiger charge is -2.15. The molecule has 3 nitrogen and oxygen atoms in total. The summed E-state index contributed by atoms with van der Waals surface area (Å²) in [4.78, 5) is 10.5. The van der Waals surface area contributed by atoms with Crippen molar-refractivity contribution in [2.75, 3.05) is 0 Å². The Balaban J connectivity index is 1.44. The highest BCUT2D eigenvalue weighted by Gasteiger charge is 2.20. The molecule has 0 atom stereocenters. The highest BCUT2D eigenvalue weighted by Crippen LogP contribution is 2.41. The van der Waals surface area contributed by atoms with Gasteiger partial charge in [0.25, 0.3) is 0 Å². The van der Waals surface area contributed by atoms with Crippen LogP contribution in [0.2, 0.25) is 0 Å². The highest BCUT2D eigenvalue weighted by atomic mass is 15.1. The topological polar surface area (TPSA) is 30.7 Å². The van der Waals surface area contributed by atoms with Crippen LogP contribution in [0.15, 0.2) is 152 Å². The maximum Gasteiger partial charge on any atom is 0.165 e. The van der Waals surface area contributed by atoms with E-state index in [-0.39, 0.29) is 0 Å². The number of rotatable bonds is 3. The normalized spacial score (nSPS) is 11.7. The predicted molar refractivity (Wildman–Crippen MR) is 180 cm³/mol. The summed E-state index contributed by atoms with van der Waals surface area (Å²) < 4.78 is 2.31. The maximum atomic E-state index is 5.29. The van der Waals surface area contributed by atoms with Crippen molar-refractivity contribution in [3.05, 3.63) is 152 Å². The average molecular weight is 548 g/mol. The summed E-state index contributed by atoms with van der Waals surface area (Å²) >= 11 is 0. The molecule has 3 heteroatoms. The molecule has 2 heterocycles. The summed E-state index contributed by atoms with van der Waals surface area (Å²) in [6.45, 7) is 0. The number of fused-ring (bicyclic) bond motifs is 7. The van der Waals surface area contributed by atoms with Crippen LogP contribution in [0, 0.1) is 0 Å². The lowest BCUT2D eigenvalue weighted by molar-refractivity contribution is 1.08. The Hall–Kier alpha value is -5.80. The summed E-state index contributed by atoms with van der Waals surface area (Å²) in [5.74, 6) is 0.833. The Bertz CT molecular complexity index is 2490. The summed E-state index contributed by atoms with van der Waals surface area (Å²) in [5.41, 5.74) is 8.35. The average Bonchev–Trinajstić information content (AvgIpc) is 3.40. The molecule has 43 heavy (non-hydrogen) atoms. The molecule has 0 fully saturated rings. The Morgan fingerprint density at radius 1 is 0.395 bits per heavy atom. The fraction of sp³-hybridized carbons (Fsp3) is 0. The van der Waals surface area contributed by atoms with Crippen molar-refractivity contribution in [2.24, 2.45) is 0 Å². The monoisotopic (exact) mass is 547 g/mol. The standard InChI is InChI=1S/C40H25N3/c1-3-13-26(14-4-1)32-23-28-24-38-34(25-33(28)30-18-8-7-17-29(30)32)31-19-9-12-22-37(31)43(38)40-39(27-15-5-2-6-16-27)41-35-20-10-11-21-36(35)42-40/h1-25H. The van der Waals surface area contributed by atoms with Crippen molar-refractivity contribution < 1.29 is 0 Å². The molecular weight excluding hydrogens is 522 g/mol. The molecule has 0 saturated heterocycles. The minimum atomic E-state index is 0.833. The van der Waals surface area contributed by atoms with E-state index in [1.165, 1.54) is 43.4 Å².